The van der Waals surface area contributed by atoms with E-state index in [0.717, 1.165) is 10.6 Å². The minimum absolute atomic E-state index is 0.198. The highest BCUT2D eigenvalue weighted by Crippen LogP contribution is 2.28. The molecule has 2 amide bonds. The topological polar surface area (TPSA) is 87.2 Å². The van der Waals surface area contributed by atoms with Crippen LogP contribution >= 0.6 is 11.3 Å². The molecule has 4 rings (SSSR count). The number of carbonyl (C=O) groups excluding carboxylic acids is 2. The van der Waals surface area contributed by atoms with E-state index in [9.17, 15) is 14.0 Å². The summed E-state index contributed by atoms with van der Waals surface area (Å²) >= 11 is 1.40. The molecule has 2 aromatic heterocycles. The number of nitrogens with one attached hydrogen (secondary N) is 2. The lowest BCUT2D eigenvalue weighted by Gasteiger charge is -2.25. The fourth-order valence-corrected chi connectivity index (χ4v) is 4.11. The van der Waals surface area contributed by atoms with E-state index in [2.05, 4.69) is 20.6 Å². The Kier molecular flexibility index (Phi) is 5.59. The molecule has 29 heavy (non-hydrogen) atoms. The summed E-state index contributed by atoms with van der Waals surface area (Å²) in [5.74, 6) is -0.898. The Labute approximate surface area is 170 Å². The Hall–Kier alpha value is -3.17. The average Bonchev–Trinajstić information content (AvgIpc) is 3.10. The van der Waals surface area contributed by atoms with Gasteiger partial charge in [0.2, 0.25) is 5.91 Å². The minimum Gasteiger partial charge on any atom is -0.325 e. The number of pyridine rings is 1. The third-order valence-corrected chi connectivity index (χ3v) is 5.40. The maximum atomic E-state index is 13.2. The van der Waals surface area contributed by atoms with Crippen molar-refractivity contribution in [3.8, 4) is 0 Å². The zero-order valence-electron chi connectivity index (χ0n) is 15.4. The molecule has 0 unspecified atom stereocenters. The van der Waals surface area contributed by atoms with E-state index in [-0.39, 0.29) is 18.4 Å². The number of thiazole rings is 1. The van der Waals surface area contributed by atoms with Crippen LogP contribution in [0.25, 0.3) is 0 Å². The van der Waals surface area contributed by atoms with Gasteiger partial charge in [0.25, 0.3) is 5.91 Å². The van der Waals surface area contributed by atoms with Crippen molar-refractivity contribution in [2.24, 2.45) is 0 Å². The van der Waals surface area contributed by atoms with E-state index in [1.165, 1.54) is 23.5 Å². The number of halogens is 1. The Morgan fingerprint density at radius 2 is 2.07 bits per heavy atom. The maximum Gasteiger partial charge on any atom is 0.276 e. The van der Waals surface area contributed by atoms with Crippen LogP contribution in [-0.2, 0) is 17.8 Å². The number of aromatic nitrogens is 2. The van der Waals surface area contributed by atoms with Gasteiger partial charge in [0.15, 0.2) is 5.13 Å². The molecule has 7 nitrogen and oxygen atoms in total. The van der Waals surface area contributed by atoms with Crippen LogP contribution < -0.4 is 10.6 Å². The fourth-order valence-electron chi connectivity index (χ4n) is 3.06. The molecule has 1 aliphatic heterocycles. The zero-order valence-corrected chi connectivity index (χ0v) is 16.2. The summed E-state index contributed by atoms with van der Waals surface area (Å²) in [5.41, 5.74) is 1.70. The lowest BCUT2D eigenvalue weighted by atomic mass is 10.2. The molecule has 0 atom stereocenters. The van der Waals surface area contributed by atoms with Gasteiger partial charge in [0.05, 0.1) is 12.2 Å². The highest BCUT2D eigenvalue weighted by molar-refractivity contribution is 7.15. The molecular weight excluding hydrogens is 393 g/mol. The van der Waals surface area contributed by atoms with E-state index in [0.29, 0.717) is 36.0 Å². The van der Waals surface area contributed by atoms with Gasteiger partial charge < -0.3 is 5.32 Å². The number of carbonyl (C=O) groups is 2. The van der Waals surface area contributed by atoms with Gasteiger partial charge in [-0.2, -0.15) is 0 Å². The van der Waals surface area contributed by atoms with Crippen molar-refractivity contribution in [3.05, 3.63) is 70.7 Å². The van der Waals surface area contributed by atoms with Crippen molar-refractivity contribution in [2.45, 2.75) is 13.0 Å². The molecular formula is C20H18FN5O2S. The molecule has 0 fully saturated rings. The van der Waals surface area contributed by atoms with Crippen molar-refractivity contribution in [1.82, 2.24) is 14.9 Å². The van der Waals surface area contributed by atoms with Crippen LogP contribution in [0.15, 0.2) is 48.7 Å². The monoisotopic (exact) mass is 411 g/mol. The zero-order chi connectivity index (χ0) is 20.2. The van der Waals surface area contributed by atoms with Crippen LogP contribution in [0.2, 0.25) is 0 Å². The molecule has 0 aliphatic carbocycles. The van der Waals surface area contributed by atoms with E-state index < -0.39 is 5.82 Å². The summed E-state index contributed by atoms with van der Waals surface area (Å²) in [5, 5.41) is 6.01. The second-order valence-electron chi connectivity index (χ2n) is 6.58. The molecule has 0 saturated heterocycles. The number of nitrogens with zero attached hydrogens (tertiary/aromatic N) is 3. The Balaban J connectivity index is 1.35. The van der Waals surface area contributed by atoms with Crippen LogP contribution in [0, 0.1) is 5.82 Å². The van der Waals surface area contributed by atoms with Gasteiger partial charge in [-0.1, -0.05) is 12.1 Å². The lowest BCUT2D eigenvalue weighted by molar-refractivity contribution is -0.117. The van der Waals surface area contributed by atoms with Gasteiger partial charge in [0.1, 0.15) is 11.5 Å². The molecule has 0 bridgehead atoms. The number of rotatable bonds is 5. The van der Waals surface area contributed by atoms with Crippen LogP contribution in [0.3, 0.4) is 0 Å². The summed E-state index contributed by atoms with van der Waals surface area (Å²) in [6.45, 7) is 1.45. The average molecular weight is 411 g/mol. The largest absolute Gasteiger partial charge is 0.325 e. The molecule has 0 spiro atoms. The summed E-state index contributed by atoms with van der Waals surface area (Å²) < 4.78 is 13.2. The third-order valence-electron chi connectivity index (χ3n) is 4.40. The third kappa shape index (κ3) is 4.82. The molecule has 148 valence electrons. The Bertz CT molecular complexity index is 1040. The van der Waals surface area contributed by atoms with Crippen LogP contribution in [0.4, 0.5) is 15.2 Å². The van der Waals surface area contributed by atoms with Crippen molar-refractivity contribution in [1.29, 1.82) is 0 Å². The van der Waals surface area contributed by atoms with Crippen LogP contribution in [0.1, 0.15) is 21.1 Å². The fraction of sp³-hybridized carbons (Fsp3) is 0.200. The molecule has 1 aromatic carbocycles. The van der Waals surface area contributed by atoms with E-state index in [1.807, 2.05) is 4.90 Å². The molecule has 2 N–H and O–H groups in total. The van der Waals surface area contributed by atoms with Crippen molar-refractivity contribution < 1.29 is 14.0 Å². The summed E-state index contributed by atoms with van der Waals surface area (Å²) in [4.78, 5) is 36.0. The number of hydrogen-bond donors (Lipinski definition) is 2. The van der Waals surface area contributed by atoms with Gasteiger partial charge >= 0.3 is 0 Å². The van der Waals surface area contributed by atoms with Gasteiger partial charge in [-0.05, 0) is 30.3 Å². The van der Waals surface area contributed by atoms with Crippen molar-refractivity contribution in [2.75, 3.05) is 23.7 Å². The summed E-state index contributed by atoms with van der Waals surface area (Å²) in [6.07, 6.45) is 2.26. The highest BCUT2D eigenvalue weighted by Gasteiger charge is 2.23. The first-order chi connectivity index (χ1) is 14.1. The van der Waals surface area contributed by atoms with Gasteiger partial charge in [0, 0.05) is 36.3 Å². The van der Waals surface area contributed by atoms with Crippen molar-refractivity contribution >= 4 is 34.0 Å². The lowest BCUT2D eigenvalue weighted by Crippen LogP contribution is -2.36. The maximum absolute atomic E-state index is 13.2. The van der Waals surface area contributed by atoms with Crippen LogP contribution in [-0.4, -0.2) is 39.8 Å². The van der Waals surface area contributed by atoms with E-state index >= 15 is 0 Å². The second-order valence-corrected chi connectivity index (χ2v) is 7.66. The van der Waals surface area contributed by atoms with Crippen molar-refractivity contribution in [3.63, 3.8) is 0 Å². The molecule has 3 aromatic rings. The summed E-state index contributed by atoms with van der Waals surface area (Å²) in [7, 11) is 0. The molecule has 0 saturated carbocycles. The number of hydrogen-bond acceptors (Lipinski definition) is 6. The Morgan fingerprint density at radius 3 is 2.86 bits per heavy atom. The smallest absolute Gasteiger partial charge is 0.276 e. The Morgan fingerprint density at radius 1 is 1.17 bits per heavy atom. The molecule has 0 radical (unpaired) electrons. The second kappa shape index (κ2) is 8.46. The van der Waals surface area contributed by atoms with E-state index in [4.69, 9.17) is 0 Å². The summed E-state index contributed by atoms with van der Waals surface area (Å²) in [6, 6.07) is 11.0. The van der Waals surface area contributed by atoms with Gasteiger partial charge in [-0.25, -0.2) is 9.37 Å². The number of fused-ring (bicyclic) bond motifs is 1. The first-order valence-corrected chi connectivity index (χ1v) is 9.87. The predicted octanol–water partition coefficient (Wildman–Crippen LogP) is 2.93. The minimum atomic E-state index is -0.393. The highest BCUT2D eigenvalue weighted by atomic mass is 32.1. The SMILES string of the molecule is O=C(CN1CCc2nc(NC(=O)c3ccccn3)sc2C1)Nc1cccc(F)c1. The van der Waals surface area contributed by atoms with Gasteiger partial charge in [-0.3, -0.25) is 24.8 Å². The normalized spacial score (nSPS) is 13.6. The first kappa shape index (κ1) is 19.2. The van der Waals surface area contributed by atoms with Gasteiger partial charge in [-0.15, -0.1) is 11.3 Å². The first-order valence-electron chi connectivity index (χ1n) is 9.05. The van der Waals surface area contributed by atoms with E-state index in [1.54, 1.807) is 36.5 Å². The van der Waals surface area contributed by atoms with Crippen LogP contribution in [0.5, 0.6) is 0 Å². The number of amides is 2. The molecule has 9 heteroatoms. The molecule has 1 aliphatic rings. The predicted molar refractivity (Wildman–Crippen MR) is 108 cm³/mol. The number of anilines is 2. The standard InChI is InChI=1S/C20H18FN5O2S/c21-13-4-3-5-14(10-13)23-18(27)12-26-9-7-15-17(11-26)29-20(24-15)25-19(28)16-6-1-2-8-22-16/h1-6,8,10H,7,9,11-12H2,(H,23,27)(H,24,25,28). The number of benzene rings is 1. The quantitative estimate of drug-likeness (QED) is 0.674. The molecule has 3 heterocycles.